The van der Waals surface area contributed by atoms with Crippen LogP contribution in [0.3, 0.4) is 0 Å². The van der Waals surface area contributed by atoms with Crippen LogP contribution < -0.4 is 5.32 Å². The molecule has 0 spiro atoms. The Morgan fingerprint density at radius 2 is 1.71 bits per heavy atom. The van der Waals surface area contributed by atoms with Gasteiger partial charge in [0.15, 0.2) is 0 Å². The minimum Gasteiger partial charge on any atom is -0.359 e. The van der Waals surface area contributed by atoms with Crippen LogP contribution in [-0.2, 0) is 4.79 Å². The molecule has 0 saturated heterocycles. The number of aromatic amines is 1. The summed E-state index contributed by atoms with van der Waals surface area (Å²) in [6.45, 7) is 15.3. The van der Waals surface area contributed by atoms with E-state index < -0.39 is 0 Å². The van der Waals surface area contributed by atoms with E-state index in [1.807, 2.05) is 38.1 Å². The van der Waals surface area contributed by atoms with Gasteiger partial charge in [-0.1, -0.05) is 45.0 Å². The maximum absolute atomic E-state index is 13.3. The molecule has 0 atom stereocenters. The molecule has 0 unspecified atom stereocenters. The number of H-pyrrole nitrogens is 1. The van der Waals surface area contributed by atoms with E-state index in [0.29, 0.717) is 5.57 Å². The van der Waals surface area contributed by atoms with E-state index in [9.17, 15) is 9.18 Å². The van der Waals surface area contributed by atoms with E-state index in [1.165, 1.54) is 37.2 Å². The quantitative estimate of drug-likeness (QED) is 0.370. The molecule has 1 amide bonds. The zero-order valence-corrected chi connectivity index (χ0v) is 22.1. The molecule has 4 nitrogen and oxygen atoms in total. The third kappa shape index (κ3) is 6.29. The molecule has 0 aliphatic carbocycles. The normalized spacial score (nSPS) is 13.8. The number of carbonyl (C=O) groups is 1. The molecule has 1 aromatic heterocycles. The van der Waals surface area contributed by atoms with Gasteiger partial charge >= 0.3 is 0 Å². The number of anilines is 1. The maximum atomic E-state index is 13.3. The van der Waals surface area contributed by atoms with Crippen molar-refractivity contribution in [3.8, 4) is 11.1 Å². The number of benzene rings is 2. The summed E-state index contributed by atoms with van der Waals surface area (Å²) < 4.78 is 13.3. The summed E-state index contributed by atoms with van der Waals surface area (Å²) in [6.07, 6.45) is 3.23. The van der Waals surface area contributed by atoms with Crippen LogP contribution in [0.2, 0.25) is 0 Å². The smallest absolute Gasteiger partial charge is 0.256 e. The van der Waals surface area contributed by atoms with Crippen LogP contribution >= 0.6 is 0 Å². The van der Waals surface area contributed by atoms with Crippen molar-refractivity contribution in [3.63, 3.8) is 0 Å². The van der Waals surface area contributed by atoms with Crippen molar-refractivity contribution in [1.29, 1.82) is 0 Å². The summed E-state index contributed by atoms with van der Waals surface area (Å²) in [5.41, 5.74) is 8.40. The Labute approximate surface area is 209 Å². The third-order valence-corrected chi connectivity index (χ3v) is 6.75. The van der Waals surface area contributed by atoms with Crippen LogP contribution in [0.5, 0.6) is 0 Å². The molecule has 0 saturated carbocycles. The van der Waals surface area contributed by atoms with Gasteiger partial charge in [-0.25, -0.2) is 4.39 Å². The molecule has 0 fully saturated rings. The largest absolute Gasteiger partial charge is 0.359 e. The number of nitrogens with one attached hydrogen (secondary N) is 2. The Balaban J connectivity index is 0.000000327. The molecule has 1 aliphatic rings. The van der Waals surface area contributed by atoms with Gasteiger partial charge in [-0.3, -0.25) is 4.79 Å². The van der Waals surface area contributed by atoms with Crippen molar-refractivity contribution in [2.45, 2.75) is 48.0 Å². The van der Waals surface area contributed by atoms with Crippen molar-refractivity contribution < 1.29 is 9.18 Å². The van der Waals surface area contributed by atoms with Gasteiger partial charge in [-0.2, -0.15) is 0 Å². The van der Waals surface area contributed by atoms with Gasteiger partial charge in [0.1, 0.15) is 5.82 Å². The Morgan fingerprint density at radius 3 is 2.29 bits per heavy atom. The number of hydrogen-bond acceptors (Lipinski definition) is 2. The first-order valence-corrected chi connectivity index (χ1v) is 12.4. The summed E-state index contributed by atoms with van der Waals surface area (Å²) in [5, 5.41) is 2.93. The second kappa shape index (κ2) is 11.5. The number of amides is 1. The van der Waals surface area contributed by atoms with Crippen molar-refractivity contribution in [2.24, 2.45) is 5.92 Å². The fourth-order valence-electron chi connectivity index (χ4n) is 4.06. The van der Waals surface area contributed by atoms with E-state index in [-0.39, 0.29) is 11.7 Å². The van der Waals surface area contributed by atoms with Crippen molar-refractivity contribution in [1.82, 2.24) is 9.88 Å². The predicted octanol–water partition coefficient (Wildman–Crippen LogP) is 7.22. The lowest BCUT2D eigenvalue weighted by Gasteiger charge is -2.14. The van der Waals surface area contributed by atoms with Crippen molar-refractivity contribution in [3.05, 3.63) is 76.4 Å². The molecule has 2 heterocycles. The van der Waals surface area contributed by atoms with Crippen molar-refractivity contribution in [2.75, 3.05) is 25.5 Å². The minimum absolute atomic E-state index is 0.126. The molecule has 186 valence electrons. The van der Waals surface area contributed by atoms with Crippen molar-refractivity contribution >= 4 is 23.2 Å². The lowest BCUT2D eigenvalue weighted by Crippen LogP contribution is -2.19. The Kier molecular flexibility index (Phi) is 8.68. The van der Waals surface area contributed by atoms with E-state index in [2.05, 4.69) is 49.9 Å². The fourth-order valence-corrected chi connectivity index (χ4v) is 4.06. The first-order valence-electron chi connectivity index (χ1n) is 12.4. The number of aryl methyl sites for hydroxylation is 1. The van der Waals surface area contributed by atoms with Gasteiger partial charge in [-0.05, 0) is 99.8 Å². The van der Waals surface area contributed by atoms with E-state index in [0.717, 1.165) is 45.2 Å². The number of carbonyl (C=O) groups excluding carboxylic acids is 1. The first-order chi connectivity index (χ1) is 16.6. The van der Waals surface area contributed by atoms with Gasteiger partial charge in [0, 0.05) is 22.6 Å². The Bertz CT molecular complexity index is 1210. The molecule has 2 aromatic carbocycles. The summed E-state index contributed by atoms with van der Waals surface area (Å²) in [6, 6.07) is 12.1. The maximum Gasteiger partial charge on any atom is 0.256 e. The molecule has 35 heavy (non-hydrogen) atoms. The Morgan fingerprint density at radius 1 is 1.03 bits per heavy atom. The molecule has 1 aliphatic heterocycles. The van der Waals surface area contributed by atoms with E-state index in [4.69, 9.17) is 0 Å². The van der Waals surface area contributed by atoms with E-state index in [1.54, 1.807) is 12.1 Å². The van der Waals surface area contributed by atoms with Crippen LogP contribution in [0.1, 0.15) is 55.3 Å². The molecular weight excluding hydrogens is 437 g/mol. The van der Waals surface area contributed by atoms with Crippen LogP contribution in [0.4, 0.5) is 10.1 Å². The topological polar surface area (TPSA) is 48.1 Å². The second-order valence-corrected chi connectivity index (χ2v) is 9.74. The monoisotopic (exact) mass is 475 g/mol. The molecule has 5 heteroatoms. The average Bonchev–Trinajstić information content (AvgIpc) is 3.28. The number of nitrogens with zero attached hydrogens (tertiary/aromatic N) is 1. The number of halogens is 1. The van der Waals surface area contributed by atoms with Gasteiger partial charge in [-0.15, -0.1) is 0 Å². The number of hydrogen-bond donors (Lipinski definition) is 2. The minimum atomic E-state index is -0.278. The predicted molar refractivity (Wildman–Crippen MR) is 146 cm³/mol. The summed E-state index contributed by atoms with van der Waals surface area (Å²) in [5.74, 6) is 0.442. The lowest BCUT2D eigenvalue weighted by molar-refractivity contribution is -0.110. The van der Waals surface area contributed by atoms with Crippen LogP contribution in [0.15, 0.2) is 42.5 Å². The molecule has 0 radical (unpaired) electrons. The highest BCUT2D eigenvalue weighted by molar-refractivity contribution is 6.36. The first kappa shape index (κ1) is 26.4. The highest BCUT2D eigenvalue weighted by Gasteiger charge is 2.27. The zero-order chi connectivity index (χ0) is 25.7. The average molecular weight is 476 g/mol. The molecule has 2 N–H and O–H groups in total. The molecular formula is C30H38FN3O. The third-order valence-electron chi connectivity index (χ3n) is 6.75. The zero-order valence-electron chi connectivity index (χ0n) is 22.1. The summed E-state index contributed by atoms with van der Waals surface area (Å²) in [7, 11) is 2.17. The molecule has 3 aromatic rings. The molecule has 4 rings (SSSR count). The van der Waals surface area contributed by atoms with Gasteiger partial charge in [0.2, 0.25) is 0 Å². The fraction of sp³-hybridized carbons (Fsp3) is 0.367. The number of fused-ring (bicyclic) bond motifs is 1. The molecule has 0 bridgehead atoms. The van der Waals surface area contributed by atoms with Gasteiger partial charge in [0.25, 0.3) is 5.91 Å². The summed E-state index contributed by atoms with van der Waals surface area (Å²) >= 11 is 0. The van der Waals surface area contributed by atoms with Crippen LogP contribution in [-0.4, -0.2) is 35.9 Å². The highest BCUT2D eigenvalue weighted by atomic mass is 19.1. The second-order valence-electron chi connectivity index (χ2n) is 9.74. The van der Waals surface area contributed by atoms with Crippen LogP contribution in [0, 0.1) is 32.5 Å². The number of aromatic nitrogens is 1. The SMILES string of the molecule is CCN(C)CCC(C)C.Cc1[nH]c(/C=C2\C(=O)Nc3cccc(-c4ccc(F)cc4)c32)c(C)c1C. The number of rotatable bonds is 6. The van der Waals surface area contributed by atoms with Gasteiger partial charge in [0.05, 0.1) is 5.57 Å². The van der Waals surface area contributed by atoms with E-state index >= 15 is 0 Å². The summed E-state index contributed by atoms with van der Waals surface area (Å²) in [4.78, 5) is 18.3. The highest BCUT2D eigenvalue weighted by Crippen LogP contribution is 2.40. The Hall–Kier alpha value is -3.18. The standard InChI is InChI=1S/C22H19FN2O.C8H19N/c1-12-13(2)20(24-14(12)3)11-18-21-17(15-7-9-16(23)10-8-15)5-4-6-19(21)25-22(18)26;1-5-9(4)7-6-8(2)3/h4-11,24H,1-3H3,(H,25,26);8H,5-7H2,1-4H3/b18-11-;. The van der Waals surface area contributed by atoms with Crippen LogP contribution in [0.25, 0.3) is 22.8 Å². The lowest BCUT2D eigenvalue weighted by atomic mass is 9.94. The van der Waals surface area contributed by atoms with Gasteiger partial charge < -0.3 is 15.2 Å².